The van der Waals surface area contributed by atoms with Crippen molar-refractivity contribution >= 4 is 22.7 Å². The molecule has 0 bridgehead atoms. The number of carbonyl (C=O) groups is 1. The number of H-pyrrole nitrogens is 1. The topological polar surface area (TPSA) is 103 Å². The van der Waals surface area contributed by atoms with Crippen LogP contribution in [0, 0.1) is 0 Å². The Morgan fingerprint density at radius 2 is 1.67 bits per heavy atom. The van der Waals surface area contributed by atoms with Gasteiger partial charge < -0.3 is 24.5 Å². The van der Waals surface area contributed by atoms with E-state index in [0.717, 1.165) is 16.7 Å². The number of hydrogen-bond acceptors (Lipinski definition) is 7. The van der Waals surface area contributed by atoms with E-state index in [0.29, 0.717) is 40.3 Å². The van der Waals surface area contributed by atoms with Crippen molar-refractivity contribution in [3.63, 3.8) is 0 Å². The average Bonchev–Trinajstić information content (AvgIpc) is 2.86. The highest BCUT2D eigenvalue weighted by atomic mass is 16.5. The number of benzene rings is 3. The lowest BCUT2D eigenvalue weighted by Crippen LogP contribution is -2.14. The lowest BCUT2D eigenvalue weighted by Gasteiger charge is -2.13. The van der Waals surface area contributed by atoms with E-state index in [-0.39, 0.29) is 5.97 Å². The van der Waals surface area contributed by atoms with E-state index >= 15 is 0 Å². The number of anilines is 1. The van der Waals surface area contributed by atoms with Gasteiger partial charge in [0.2, 0.25) is 0 Å². The van der Waals surface area contributed by atoms with Crippen LogP contribution in [0.25, 0.3) is 22.0 Å². The zero-order valence-corrected chi connectivity index (χ0v) is 18.5. The number of hydrogen-bond donors (Lipinski definition) is 2. The molecule has 3 aromatic carbocycles. The van der Waals surface area contributed by atoms with Gasteiger partial charge in [0, 0.05) is 18.0 Å². The van der Waals surface area contributed by atoms with Crippen molar-refractivity contribution in [1.82, 2.24) is 9.97 Å². The fourth-order valence-corrected chi connectivity index (χ4v) is 3.63. The van der Waals surface area contributed by atoms with Gasteiger partial charge in [0.05, 0.1) is 32.4 Å². The molecule has 0 spiro atoms. The third kappa shape index (κ3) is 4.50. The molecule has 0 saturated heterocycles. The number of methoxy groups -OCH3 is 3. The SMILES string of the molecule is COC(=O)c1ccccc1-c1ccc(CNc2nc(=O)[nH]c3cc(OC)c(OC)cc23)cc1. The number of aromatic amines is 1. The van der Waals surface area contributed by atoms with Crippen molar-refractivity contribution in [3.8, 4) is 22.6 Å². The molecule has 8 nitrogen and oxygen atoms in total. The Hall–Kier alpha value is -4.33. The van der Waals surface area contributed by atoms with Gasteiger partial charge in [-0.05, 0) is 28.8 Å². The molecule has 8 heteroatoms. The normalized spacial score (nSPS) is 10.6. The monoisotopic (exact) mass is 445 g/mol. The molecule has 0 saturated carbocycles. The molecule has 0 fully saturated rings. The molecular formula is C25H23N3O5. The lowest BCUT2D eigenvalue weighted by molar-refractivity contribution is 0.0601. The molecule has 168 valence electrons. The summed E-state index contributed by atoms with van der Waals surface area (Å²) >= 11 is 0. The lowest BCUT2D eigenvalue weighted by atomic mass is 9.98. The highest BCUT2D eigenvalue weighted by molar-refractivity contribution is 5.97. The number of aromatic nitrogens is 2. The Labute approximate surface area is 190 Å². The number of ether oxygens (including phenoxy) is 3. The summed E-state index contributed by atoms with van der Waals surface area (Å²) in [7, 11) is 4.46. The predicted molar refractivity (Wildman–Crippen MR) is 126 cm³/mol. The van der Waals surface area contributed by atoms with E-state index in [1.165, 1.54) is 14.2 Å². The van der Waals surface area contributed by atoms with Crippen LogP contribution >= 0.6 is 0 Å². The maximum absolute atomic E-state index is 12.1. The van der Waals surface area contributed by atoms with Crippen molar-refractivity contribution in [2.24, 2.45) is 0 Å². The van der Waals surface area contributed by atoms with Crippen LogP contribution in [0.1, 0.15) is 15.9 Å². The largest absolute Gasteiger partial charge is 0.493 e. The molecule has 0 amide bonds. The van der Waals surface area contributed by atoms with Gasteiger partial charge in [-0.2, -0.15) is 4.98 Å². The first-order valence-corrected chi connectivity index (χ1v) is 10.2. The van der Waals surface area contributed by atoms with Crippen molar-refractivity contribution in [3.05, 3.63) is 82.3 Å². The molecule has 4 rings (SSSR count). The van der Waals surface area contributed by atoms with Gasteiger partial charge in [-0.1, -0.05) is 42.5 Å². The minimum atomic E-state index is -0.466. The van der Waals surface area contributed by atoms with Crippen LogP contribution in [0.3, 0.4) is 0 Å². The molecule has 0 aliphatic rings. The quantitative estimate of drug-likeness (QED) is 0.415. The van der Waals surface area contributed by atoms with Gasteiger partial charge in [-0.3, -0.25) is 0 Å². The zero-order chi connectivity index (χ0) is 23.4. The molecule has 0 radical (unpaired) electrons. The van der Waals surface area contributed by atoms with Crippen molar-refractivity contribution in [2.75, 3.05) is 26.6 Å². The van der Waals surface area contributed by atoms with E-state index in [2.05, 4.69) is 15.3 Å². The number of esters is 1. The highest BCUT2D eigenvalue weighted by Crippen LogP contribution is 2.33. The van der Waals surface area contributed by atoms with Crippen LogP contribution < -0.4 is 20.5 Å². The second-order valence-corrected chi connectivity index (χ2v) is 7.23. The number of fused-ring (bicyclic) bond motifs is 1. The Morgan fingerprint density at radius 3 is 2.36 bits per heavy atom. The number of carbonyl (C=O) groups excluding carboxylic acids is 1. The molecule has 0 unspecified atom stereocenters. The molecule has 0 aliphatic carbocycles. The summed E-state index contributed by atoms with van der Waals surface area (Å²) in [5.74, 6) is 1.11. The van der Waals surface area contributed by atoms with Gasteiger partial charge in [0.15, 0.2) is 11.5 Å². The predicted octanol–water partition coefficient (Wildman–Crippen LogP) is 4.01. The first kappa shape index (κ1) is 21.9. The summed E-state index contributed by atoms with van der Waals surface area (Å²) in [6, 6.07) is 18.6. The average molecular weight is 445 g/mol. The van der Waals surface area contributed by atoms with E-state index < -0.39 is 5.69 Å². The third-order valence-electron chi connectivity index (χ3n) is 5.29. The number of nitrogens with zero attached hydrogens (tertiary/aromatic N) is 1. The smallest absolute Gasteiger partial charge is 0.347 e. The molecule has 0 aliphatic heterocycles. The van der Waals surface area contributed by atoms with Crippen LogP contribution in [-0.2, 0) is 11.3 Å². The molecule has 0 atom stereocenters. The molecule has 1 aromatic heterocycles. The highest BCUT2D eigenvalue weighted by Gasteiger charge is 2.13. The Morgan fingerprint density at radius 1 is 0.970 bits per heavy atom. The van der Waals surface area contributed by atoms with Gasteiger partial charge in [-0.25, -0.2) is 9.59 Å². The van der Waals surface area contributed by atoms with Gasteiger partial charge >= 0.3 is 11.7 Å². The van der Waals surface area contributed by atoms with E-state index in [1.54, 1.807) is 31.4 Å². The van der Waals surface area contributed by atoms with Crippen molar-refractivity contribution < 1.29 is 19.0 Å². The maximum atomic E-state index is 12.1. The summed E-state index contributed by atoms with van der Waals surface area (Å²) in [6.07, 6.45) is 0. The summed E-state index contributed by atoms with van der Waals surface area (Å²) in [6.45, 7) is 0.443. The fraction of sp³-hybridized carbons (Fsp3) is 0.160. The van der Waals surface area contributed by atoms with Gasteiger partial charge in [0.1, 0.15) is 5.82 Å². The molecule has 1 heterocycles. The summed E-state index contributed by atoms with van der Waals surface area (Å²) in [5.41, 5.74) is 3.31. The first-order chi connectivity index (χ1) is 16.0. The van der Waals surface area contributed by atoms with Crippen molar-refractivity contribution in [2.45, 2.75) is 6.54 Å². The third-order valence-corrected chi connectivity index (χ3v) is 5.29. The maximum Gasteiger partial charge on any atom is 0.347 e. The van der Waals surface area contributed by atoms with Crippen LogP contribution in [0.2, 0.25) is 0 Å². The first-order valence-electron chi connectivity index (χ1n) is 10.2. The second-order valence-electron chi connectivity index (χ2n) is 7.23. The van der Waals surface area contributed by atoms with E-state index in [9.17, 15) is 9.59 Å². The molecule has 4 aromatic rings. The minimum Gasteiger partial charge on any atom is -0.493 e. The Bertz CT molecular complexity index is 1360. The zero-order valence-electron chi connectivity index (χ0n) is 18.5. The van der Waals surface area contributed by atoms with Crippen LogP contribution in [-0.4, -0.2) is 37.3 Å². The Balaban J connectivity index is 1.60. The number of rotatable bonds is 7. The Kier molecular flexibility index (Phi) is 6.26. The summed E-state index contributed by atoms with van der Waals surface area (Å²) in [4.78, 5) is 30.9. The van der Waals surface area contributed by atoms with Crippen LogP contribution in [0.15, 0.2) is 65.5 Å². The van der Waals surface area contributed by atoms with Gasteiger partial charge in [-0.15, -0.1) is 0 Å². The van der Waals surface area contributed by atoms with Crippen molar-refractivity contribution in [1.29, 1.82) is 0 Å². The van der Waals surface area contributed by atoms with E-state index in [1.807, 2.05) is 36.4 Å². The van der Waals surface area contributed by atoms with Crippen LogP contribution in [0.4, 0.5) is 5.82 Å². The number of nitrogens with one attached hydrogen (secondary N) is 2. The standard InChI is InChI=1S/C25H23N3O5/c1-31-21-12-19-20(13-22(21)32-2)27-25(30)28-23(19)26-14-15-8-10-16(11-9-15)17-6-4-5-7-18(17)24(29)33-3/h4-13H,14H2,1-3H3,(H2,26,27,28,30). The minimum absolute atomic E-state index is 0.379. The second kappa shape index (κ2) is 9.44. The molecule has 33 heavy (non-hydrogen) atoms. The summed E-state index contributed by atoms with van der Waals surface area (Å²) in [5, 5.41) is 3.93. The van der Waals surface area contributed by atoms with Gasteiger partial charge in [0.25, 0.3) is 0 Å². The van der Waals surface area contributed by atoms with E-state index in [4.69, 9.17) is 14.2 Å². The molecule has 2 N–H and O–H groups in total. The molecular weight excluding hydrogens is 422 g/mol. The van der Waals surface area contributed by atoms with Crippen LogP contribution in [0.5, 0.6) is 11.5 Å². The summed E-state index contributed by atoms with van der Waals surface area (Å²) < 4.78 is 15.6. The fourth-order valence-electron chi connectivity index (χ4n) is 3.63.